The van der Waals surface area contributed by atoms with Crippen molar-refractivity contribution in [3.8, 4) is 5.75 Å². The van der Waals surface area contributed by atoms with Crippen molar-refractivity contribution in [2.24, 2.45) is 11.8 Å². The van der Waals surface area contributed by atoms with Gasteiger partial charge in [-0.1, -0.05) is 19.9 Å². The van der Waals surface area contributed by atoms with E-state index in [9.17, 15) is 9.59 Å². The van der Waals surface area contributed by atoms with Gasteiger partial charge in [-0.25, -0.2) is 0 Å². The zero-order valence-corrected chi connectivity index (χ0v) is 16.9. The number of carbonyl (C=O) groups is 2. The van der Waals surface area contributed by atoms with Crippen LogP contribution >= 0.6 is 0 Å². The first-order chi connectivity index (χ1) is 13.5. The SMILES string of the molecule is CC(C)C1CN(C(=O)Cc2ccc3c(c2)NC(=O)CO3)CCCN1CC1CC1. The summed E-state index contributed by atoms with van der Waals surface area (Å²) in [7, 11) is 0. The molecule has 1 N–H and O–H groups in total. The summed E-state index contributed by atoms with van der Waals surface area (Å²) in [5, 5.41) is 2.82. The molecule has 1 saturated heterocycles. The van der Waals surface area contributed by atoms with Crippen molar-refractivity contribution < 1.29 is 14.3 Å². The van der Waals surface area contributed by atoms with E-state index in [1.807, 2.05) is 23.1 Å². The third-order valence-electron chi connectivity index (χ3n) is 6.09. The van der Waals surface area contributed by atoms with Gasteiger partial charge in [0.1, 0.15) is 5.75 Å². The number of nitrogens with zero attached hydrogens (tertiary/aromatic N) is 2. The van der Waals surface area contributed by atoms with Crippen molar-refractivity contribution in [2.45, 2.75) is 45.6 Å². The molecule has 1 aliphatic carbocycles. The van der Waals surface area contributed by atoms with Gasteiger partial charge in [-0.05, 0) is 48.8 Å². The third kappa shape index (κ3) is 4.49. The van der Waals surface area contributed by atoms with E-state index in [0.29, 0.717) is 29.8 Å². The summed E-state index contributed by atoms with van der Waals surface area (Å²) < 4.78 is 5.40. The molecule has 0 bridgehead atoms. The lowest BCUT2D eigenvalue weighted by Crippen LogP contribution is -2.46. The number of nitrogens with one attached hydrogen (secondary N) is 1. The van der Waals surface area contributed by atoms with E-state index in [-0.39, 0.29) is 18.4 Å². The van der Waals surface area contributed by atoms with Crippen LogP contribution in [-0.4, -0.2) is 60.4 Å². The van der Waals surface area contributed by atoms with Crippen molar-refractivity contribution in [2.75, 3.05) is 38.1 Å². The molecular weight excluding hydrogens is 354 g/mol. The number of fused-ring (bicyclic) bond motifs is 1. The summed E-state index contributed by atoms with van der Waals surface area (Å²) in [6.45, 7) is 8.51. The first kappa shape index (κ1) is 19.2. The van der Waals surface area contributed by atoms with Gasteiger partial charge >= 0.3 is 0 Å². The molecule has 6 heteroatoms. The summed E-state index contributed by atoms with van der Waals surface area (Å²) in [5.74, 6) is 2.08. The number of anilines is 1. The lowest BCUT2D eigenvalue weighted by molar-refractivity contribution is -0.131. The van der Waals surface area contributed by atoms with Crippen LogP contribution in [0.4, 0.5) is 5.69 Å². The summed E-state index contributed by atoms with van der Waals surface area (Å²) >= 11 is 0. The van der Waals surface area contributed by atoms with Gasteiger partial charge in [0.25, 0.3) is 5.91 Å². The molecule has 6 nitrogen and oxygen atoms in total. The minimum Gasteiger partial charge on any atom is -0.482 e. The summed E-state index contributed by atoms with van der Waals surface area (Å²) in [6, 6.07) is 6.06. The molecule has 1 aromatic carbocycles. The number of amides is 2. The molecule has 28 heavy (non-hydrogen) atoms. The Hall–Kier alpha value is -2.08. The Balaban J connectivity index is 1.42. The van der Waals surface area contributed by atoms with E-state index in [2.05, 4.69) is 24.1 Å². The number of hydrogen-bond acceptors (Lipinski definition) is 4. The Kier molecular flexibility index (Phi) is 5.58. The molecule has 4 rings (SSSR count). The smallest absolute Gasteiger partial charge is 0.262 e. The van der Waals surface area contributed by atoms with E-state index in [0.717, 1.165) is 37.5 Å². The van der Waals surface area contributed by atoms with Gasteiger partial charge in [0.05, 0.1) is 12.1 Å². The van der Waals surface area contributed by atoms with Crippen LogP contribution in [0.5, 0.6) is 5.75 Å². The predicted molar refractivity (Wildman–Crippen MR) is 108 cm³/mol. The number of benzene rings is 1. The van der Waals surface area contributed by atoms with Crippen LogP contribution in [0.15, 0.2) is 18.2 Å². The summed E-state index contributed by atoms with van der Waals surface area (Å²) in [5.41, 5.74) is 1.57. The summed E-state index contributed by atoms with van der Waals surface area (Å²) in [4.78, 5) is 29.3. The van der Waals surface area contributed by atoms with Crippen molar-refractivity contribution in [1.82, 2.24) is 9.80 Å². The molecule has 1 aromatic rings. The highest BCUT2D eigenvalue weighted by Crippen LogP contribution is 2.32. The number of ether oxygens (including phenoxy) is 1. The molecule has 2 aliphatic heterocycles. The fourth-order valence-electron chi connectivity index (χ4n) is 4.31. The number of carbonyl (C=O) groups excluding carboxylic acids is 2. The zero-order chi connectivity index (χ0) is 19.7. The van der Waals surface area contributed by atoms with Gasteiger partial charge in [0, 0.05) is 32.2 Å². The largest absolute Gasteiger partial charge is 0.482 e. The minimum absolute atomic E-state index is 0.0486. The molecule has 2 fully saturated rings. The lowest BCUT2D eigenvalue weighted by atomic mass is 10.0. The Morgan fingerprint density at radius 1 is 1.29 bits per heavy atom. The van der Waals surface area contributed by atoms with Crippen LogP contribution in [0, 0.1) is 11.8 Å². The van der Waals surface area contributed by atoms with Gasteiger partial charge in [0.15, 0.2) is 6.61 Å². The van der Waals surface area contributed by atoms with Crippen molar-refractivity contribution in [1.29, 1.82) is 0 Å². The maximum Gasteiger partial charge on any atom is 0.262 e. The third-order valence-corrected chi connectivity index (χ3v) is 6.09. The van der Waals surface area contributed by atoms with E-state index < -0.39 is 0 Å². The van der Waals surface area contributed by atoms with Crippen LogP contribution in [0.3, 0.4) is 0 Å². The van der Waals surface area contributed by atoms with Crippen molar-refractivity contribution >= 4 is 17.5 Å². The molecule has 1 saturated carbocycles. The van der Waals surface area contributed by atoms with Gasteiger partial charge in [0.2, 0.25) is 5.91 Å². The predicted octanol–water partition coefficient (Wildman–Crippen LogP) is 2.53. The highest BCUT2D eigenvalue weighted by atomic mass is 16.5. The molecule has 1 unspecified atom stereocenters. The van der Waals surface area contributed by atoms with Crippen molar-refractivity contribution in [3.05, 3.63) is 23.8 Å². The second-order valence-corrected chi connectivity index (χ2v) is 8.79. The molecule has 2 amide bonds. The van der Waals surface area contributed by atoms with Gasteiger partial charge in [-0.15, -0.1) is 0 Å². The van der Waals surface area contributed by atoms with E-state index >= 15 is 0 Å². The quantitative estimate of drug-likeness (QED) is 0.846. The standard InChI is InChI=1S/C22H31N3O3/c1-15(2)19-13-25(9-3-8-24(19)12-16-4-5-16)22(27)11-17-6-7-20-18(10-17)23-21(26)14-28-20/h6-7,10,15-16,19H,3-5,8-9,11-14H2,1-2H3,(H,23,26). The fourth-order valence-corrected chi connectivity index (χ4v) is 4.31. The van der Waals surface area contributed by atoms with Crippen LogP contribution < -0.4 is 10.1 Å². The number of hydrogen-bond donors (Lipinski definition) is 1. The Morgan fingerprint density at radius 2 is 2.11 bits per heavy atom. The second kappa shape index (κ2) is 8.11. The first-order valence-electron chi connectivity index (χ1n) is 10.6. The molecule has 0 spiro atoms. The first-order valence-corrected chi connectivity index (χ1v) is 10.6. The number of rotatable bonds is 5. The van der Waals surface area contributed by atoms with Crippen LogP contribution in [0.1, 0.15) is 38.7 Å². The topological polar surface area (TPSA) is 61.9 Å². The van der Waals surface area contributed by atoms with Gasteiger partial charge in [-0.2, -0.15) is 0 Å². The monoisotopic (exact) mass is 385 g/mol. The normalized spacial score (nSPS) is 23.0. The van der Waals surface area contributed by atoms with Crippen LogP contribution in [0.2, 0.25) is 0 Å². The second-order valence-electron chi connectivity index (χ2n) is 8.79. The van der Waals surface area contributed by atoms with Crippen molar-refractivity contribution in [3.63, 3.8) is 0 Å². The van der Waals surface area contributed by atoms with E-state index in [4.69, 9.17) is 4.74 Å². The van der Waals surface area contributed by atoms with Gasteiger partial charge in [-0.3, -0.25) is 14.5 Å². The van der Waals surface area contributed by atoms with E-state index in [1.165, 1.54) is 19.4 Å². The Labute approximate surface area is 167 Å². The zero-order valence-electron chi connectivity index (χ0n) is 16.9. The molecule has 0 aromatic heterocycles. The molecule has 0 radical (unpaired) electrons. The molecule has 152 valence electrons. The minimum atomic E-state index is -0.154. The Bertz CT molecular complexity index is 745. The fraction of sp³-hybridized carbons (Fsp3) is 0.636. The summed E-state index contributed by atoms with van der Waals surface area (Å²) in [6.07, 6.45) is 4.12. The lowest BCUT2D eigenvalue weighted by Gasteiger charge is -2.34. The maximum absolute atomic E-state index is 13.1. The maximum atomic E-state index is 13.1. The molecule has 1 atom stereocenters. The Morgan fingerprint density at radius 3 is 2.86 bits per heavy atom. The average Bonchev–Trinajstić information content (AvgIpc) is 3.48. The highest BCUT2D eigenvalue weighted by molar-refractivity contribution is 5.95. The molecule has 2 heterocycles. The molecule has 3 aliphatic rings. The van der Waals surface area contributed by atoms with Crippen LogP contribution in [0.25, 0.3) is 0 Å². The average molecular weight is 386 g/mol. The highest BCUT2D eigenvalue weighted by Gasteiger charge is 2.33. The molecular formula is C22H31N3O3. The van der Waals surface area contributed by atoms with E-state index in [1.54, 1.807) is 0 Å². The van der Waals surface area contributed by atoms with Crippen LogP contribution in [-0.2, 0) is 16.0 Å². The van der Waals surface area contributed by atoms with Gasteiger partial charge < -0.3 is 15.0 Å².